The van der Waals surface area contributed by atoms with Crippen LogP contribution < -0.4 is 10.5 Å². The average molecular weight is 302 g/mol. The third kappa shape index (κ3) is 3.47. The van der Waals surface area contributed by atoms with Gasteiger partial charge in [0.25, 0.3) is 0 Å². The third-order valence-corrected chi connectivity index (χ3v) is 5.09. The Kier molecular flexibility index (Phi) is 4.31. The van der Waals surface area contributed by atoms with Gasteiger partial charge in [0, 0.05) is 25.9 Å². The number of rotatable bonds is 7. The summed E-state index contributed by atoms with van der Waals surface area (Å²) in [5.41, 5.74) is 5.68. The van der Waals surface area contributed by atoms with Crippen LogP contribution >= 0.6 is 0 Å². The number of ether oxygens (including phenoxy) is 1. The van der Waals surface area contributed by atoms with Crippen LogP contribution in [0.15, 0.2) is 23.1 Å². The Hall–Kier alpha value is -1.18. The Bertz CT molecular complexity index is 585. The van der Waals surface area contributed by atoms with Crippen LogP contribution in [0.2, 0.25) is 0 Å². The summed E-state index contributed by atoms with van der Waals surface area (Å²) in [6.45, 7) is 0.890. The average Bonchev–Trinajstić information content (AvgIpc) is 3.18. The third-order valence-electron chi connectivity index (χ3n) is 3.68. The molecular weight excluding hydrogens is 283 g/mol. The maximum Gasteiger partial charge on any atom is 0.243 e. The van der Waals surface area contributed by atoms with Gasteiger partial charge in [-0.2, -0.15) is 0 Å². The van der Waals surface area contributed by atoms with Gasteiger partial charge in [0.1, 0.15) is 10.7 Å². The number of anilines is 1. The zero-order valence-electron chi connectivity index (χ0n) is 11.4. The first-order valence-electron chi connectivity index (χ1n) is 6.42. The van der Waals surface area contributed by atoms with Crippen molar-refractivity contribution in [3.63, 3.8) is 0 Å². The van der Waals surface area contributed by atoms with Gasteiger partial charge in [-0.15, -0.1) is 0 Å². The van der Waals surface area contributed by atoms with Crippen molar-refractivity contribution in [1.82, 2.24) is 4.72 Å². The van der Waals surface area contributed by atoms with E-state index in [-0.39, 0.29) is 11.1 Å². The molecule has 20 heavy (non-hydrogen) atoms. The highest BCUT2D eigenvalue weighted by Gasteiger charge is 2.42. The van der Waals surface area contributed by atoms with Gasteiger partial charge >= 0.3 is 0 Å². The number of halogens is 1. The molecule has 0 atom stereocenters. The van der Waals surface area contributed by atoms with Crippen LogP contribution in [-0.2, 0) is 14.8 Å². The number of benzene rings is 1. The van der Waals surface area contributed by atoms with Crippen molar-refractivity contribution >= 4 is 15.7 Å². The molecule has 0 spiro atoms. The fourth-order valence-electron chi connectivity index (χ4n) is 2.06. The molecule has 1 fully saturated rings. The summed E-state index contributed by atoms with van der Waals surface area (Å²) in [6.07, 6.45) is 2.71. The van der Waals surface area contributed by atoms with E-state index >= 15 is 0 Å². The molecule has 0 heterocycles. The molecule has 1 aliphatic rings. The molecule has 2 rings (SSSR count). The van der Waals surface area contributed by atoms with Crippen LogP contribution in [0.25, 0.3) is 0 Å². The summed E-state index contributed by atoms with van der Waals surface area (Å²) in [5.74, 6) is -0.798. The van der Waals surface area contributed by atoms with Crippen molar-refractivity contribution < 1.29 is 17.5 Å². The lowest BCUT2D eigenvalue weighted by Gasteiger charge is -2.16. The monoisotopic (exact) mass is 302 g/mol. The standard InChI is InChI=1S/C13H19FN2O3S/c1-19-7-6-13(4-5-13)9-16-20(17,18)12-8-10(15)2-3-11(12)14/h2-3,8,16H,4-7,9,15H2,1H3. The van der Waals surface area contributed by atoms with E-state index in [9.17, 15) is 12.8 Å². The minimum absolute atomic E-state index is 0.0418. The number of methoxy groups -OCH3 is 1. The number of nitrogen functional groups attached to an aromatic ring is 1. The molecule has 7 heteroatoms. The number of hydrogen-bond acceptors (Lipinski definition) is 4. The fraction of sp³-hybridized carbons (Fsp3) is 0.538. The lowest BCUT2D eigenvalue weighted by Crippen LogP contribution is -2.31. The second-order valence-electron chi connectivity index (χ2n) is 5.26. The van der Waals surface area contributed by atoms with Gasteiger partial charge in [0.15, 0.2) is 0 Å². The molecule has 112 valence electrons. The van der Waals surface area contributed by atoms with Crippen LogP contribution in [0.5, 0.6) is 0 Å². The molecule has 0 aromatic heterocycles. The normalized spacial score (nSPS) is 17.1. The predicted octanol–water partition coefficient (Wildman–Crippen LogP) is 1.50. The molecule has 1 aromatic carbocycles. The summed E-state index contributed by atoms with van der Waals surface area (Å²) in [6, 6.07) is 3.52. The number of hydrogen-bond donors (Lipinski definition) is 2. The van der Waals surface area contributed by atoms with Crippen LogP contribution in [0, 0.1) is 11.2 Å². The van der Waals surface area contributed by atoms with Crippen LogP contribution in [0.1, 0.15) is 19.3 Å². The SMILES string of the molecule is COCCC1(CNS(=O)(=O)c2cc(N)ccc2F)CC1. The first kappa shape index (κ1) is 15.2. The topological polar surface area (TPSA) is 81.4 Å². The minimum Gasteiger partial charge on any atom is -0.399 e. The first-order chi connectivity index (χ1) is 9.38. The zero-order valence-corrected chi connectivity index (χ0v) is 12.2. The maximum atomic E-state index is 13.6. The van der Waals surface area contributed by atoms with E-state index in [1.165, 1.54) is 6.07 Å². The highest BCUT2D eigenvalue weighted by molar-refractivity contribution is 7.89. The number of sulfonamides is 1. The first-order valence-corrected chi connectivity index (χ1v) is 7.91. The summed E-state index contributed by atoms with van der Waals surface area (Å²) < 4.78 is 45.3. The van der Waals surface area contributed by atoms with Gasteiger partial charge in [-0.05, 0) is 42.9 Å². The molecule has 0 saturated heterocycles. The fourth-order valence-corrected chi connectivity index (χ4v) is 3.33. The molecule has 0 amide bonds. The second kappa shape index (κ2) is 5.67. The van der Waals surface area contributed by atoms with Gasteiger partial charge in [0.2, 0.25) is 10.0 Å². The van der Waals surface area contributed by atoms with Crippen LogP contribution in [0.3, 0.4) is 0 Å². The lowest BCUT2D eigenvalue weighted by atomic mass is 10.0. The van der Waals surface area contributed by atoms with E-state index in [4.69, 9.17) is 10.5 Å². The van der Waals surface area contributed by atoms with Gasteiger partial charge in [-0.25, -0.2) is 17.5 Å². The van der Waals surface area contributed by atoms with E-state index in [1.54, 1.807) is 7.11 Å². The van der Waals surface area contributed by atoms with Gasteiger partial charge in [0.05, 0.1) is 0 Å². The highest BCUT2D eigenvalue weighted by Crippen LogP contribution is 2.48. The molecule has 0 unspecified atom stereocenters. The van der Waals surface area contributed by atoms with E-state index in [1.807, 2.05) is 0 Å². The molecule has 1 aliphatic carbocycles. The van der Waals surface area contributed by atoms with Crippen molar-refractivity contribution in [2.24, 2.45) is 5.41 Å². The van der Waals surface area contributed by atoms with Crippen molar-refractivity contribution in [2.45, 2.75) is 24.2 Å². The van der Waals surface area contributed by atoms with Gasteiger partial charge < -0.3 is 10.5 Å². The van der Waals surface area contributed by atoms with Gasteiger partial charge in [-0.1, -0.05) is 0 Å². The summed E-state index contributed by atoms with van der Waals surface area (Å²) in [7, 11) is -2.26. The van der Waals surface area contributed by atoms with Crippen LogP contribution in [0.4, 0.5) is 10.1 Å². The smallest absolute Gasteiger partial charge is 0.243 e. The zero-order chi connectivity index (χ0) is 14.8. The molecule has 3 N–H and O–H groups in total. The van der Waals surface area contributed by atoms with Crippen LogP contribution in [-0.4, -0.2) is 28.7 Å². The van der Waals surface area contributed by atoms with Gasteiger partial charge in [-0.3, -0.25) is 0 Å². The Morgan fingerprint density at radius 3 is 2.75 bits per heavy atom. The summed E-state index contributed by atoms with van der Waals surface area (Å²) in [5, 5.41) is 0. The predicted molar refractivity (Wildman–Crippen MR) is 74.2 cm³/mol. The Morgan fingerprint density at radius 1 is 1.45 bits per heavy atom. The molecule has 0 radical (unpaired) electrons. The Balaban J connectivity index is 2.06. The Morgan fingerprint density at radius 2 is 2.15 bits per heavy atom. The summed E-state index contributed by atoms with van der Waals surface area (Å²) >= 11 is 0. The molecule has 0 aliphatic heterocycles. The molecule has 1 saturated carbocycles. The van der Waals surface area contributed by atoms with Crippen molar-refractivity contribution in [1.29, 1.82) is 0 Å². The number of nitrogens with two attached hydrogens (primary N) is 1. The molecular formula is C13H19FN2O3S. The minimum atomic E-state index is -3.88. The quantitative estimate of drug-likeness (QED) is 0.748. The van der Waals surface area contributed by atoms with E-state index < -0.39 is 20.7 Å². The molecule has 5 nitrogen and oxygen atoms in total. The Labute approximate surface area is 118 Å². The van der Waals surface area contributed by atoms with E-state index in [0.29, 0.717) is 13.2 Å². The lowest BCUT2D eigenvalue weighted by molar-refractivity contribution is 0.173. The largest absolute Gasteiger partial charge is 0.399 e. The maximum absolute atomic E-state index is 13.6. The van der Waals surface area contributed by atoms with Crippen molar-refractivity contribution in [3.8, 4) is 0 Å². The highest BCUT2D eigenvalue weighted by atomic mass is 32.2. The van der Waals surface area contributed by atoms with E-state index in [2.05, 4.69) is 4.72 Å². The van der Waals surface area contributed by atoms with E-state index in [0.717, 1.165) is 31.4 Å². The molecule has 0 bridgehead atoms. The van der Waals surface area contributed by atoms with Crippen molar-refractivity contribution in [3.05, 3.63) is 24.0 Å². The number of nitrogens with one attached hydrogen (secondary N) is 1. The molecule has 1 aromatic rings. The second-order valence-corrected chi connectivity index (χ2v) is 6.99. The van der Waals surface area contributed by atoms with Crippen molar-refractivity contribution in [2.75, 3.05) is 26.0 Å². The summed E-state index contributed by atoms with van der Waals surface area (Å²) in [4.78, 5) is -0.403.